The summed E-state index contributed by atoms with van der Waals surface area (Å²) in [7, 11) is 0. The van der Waals surface area contributed by atoms with Gasteiger partial charge in [-0.1, -0.05) is 0 Å². The van der Waals surface area contributed by atoms with E-state index in [1.54, 1.807) is 0 Å². The molecule has 0 amide bonds. The molecule has 2 N–H and O–H groups in total. The van der Waals surface area contributed by atoms with Crippen molar-refractivity contribution in [2.75, 3.05) is 12.0 Å². The van der Waals surface area contributed by atoms with Crippen LogP contribution in [0.4, 0.5) is 0 Å². The first kappa shape index (κ1) is 9.60. The SMILES string of the molecule is CSCC1(N)CCC1.Cl. The van der Waals surface area contributed by atoms with E-state index < -0.39 is 0 Å². The molecular formula is C6H14ClNS. The molecule has 1 fully saturated rings. The van der Waals surface area contributed by atoms with Crippen molar-refractivity contribution in [1.29, 1.82) is 0 Å². The van der Waals surface area contributed by atoms with Crippen molar-refractivity contribution in [3.8, 4) is 0 Å². The number of rotatable bonds is 2. The third-order valence-corrected chi connectivity index (χ3v) is 2.64. The van der Waals surface area contributed by atoms with Gasteiger partial charge in [0, 0.05) is 11.3 Å². The second-order valence-corrected chi connectivity index (χ2v) is 3.51. The Hall–Kier alpha value is 0.600. The van der Waals surface area contributed by atoms with Crippen molar-refractivity contribution >= 4 is 24.2 Å². The van der Waals surface area contributed by atoms with Gasteiger partial charge >= 0.3 is 0 Å². The van der Waals surface area contributed by atoms with Crippen molar-refractivity contribution in [2.45, 2.75) is 24.8 Å². The molecule has 1 aliphatic rings. The predicted molar refractivity (Wildman–Crippen MR) is 46.4 cm³/mol. The van der Waals surface area contributed by atoms with Crippen molar-refractivity contribution in [2.24, 2.45) is 5.73 Å². The average molecular weight is 168 g/mol. The van der Waals surface area contributed by atoms with E-state index in [9.17, 15) is 0 Å². The molecule has 0 aromatic rings. The van der Waals surface area contributed by atoms with Crippen LogP contribution in [-0.4, -0.2) is 17.5 Å². The van der Waals surface area contributed by atoms with Gasteiger partial charge in [-0.25, -0.2) is 0 Å². The fourth-order valence-corrected chi connectivity index (χ4v) is 1.93. The summed E-state index contributed by atoms with van der Waals surface area (Å²) in [6, 6.07) is 0. The van der Waals surface area contributed by atoms with Crippen LogP contribution in [0.3, 0.4) is 0 Å². The van der Waals surface area contributed by atoms with Crippen LogP contribution in [0.2, 0.25) is 0 Å². The third kappa shape index (κ3) is 2.36. The van der Waals surface area contributed by atoms with Crippen LogP contribution < -0.4 is 5.73 Å². The van der Waals surface area contributed by atoms with Gasteiger partial charge in [-0.2, -0.15) is 11.8 Å². The molecule has 1 aliphatic carbocycles. The summed E-state index contributed by atoms with van der Waals surface area (Å²) in [5.41, 5.74) is 6.13. The summed E-state index contributed by atoms with van der Waals surface area (Å²) in [6.07, 6.45) is 5.95. The van der Waals surface area contributed by atoms with Crippen LogP contribution in [0.1, 0.15) is 19.3 Å². The van der Waals surface area contributed by atoms with Crippen LogP contribution in [0.5, 0.6) is 0 Å². The standard InChI is InChI=1S/C6H13NS.ClH/c1-8-5-6(7)3-2-4-6;/h2-5,7H2,1H3;1H. The van der Waals surface area contributed by atoms with Crippen LogP contribution in [-0.2, 0) is 0 Å². The normalized spacial score (nSPS) is 22.0. The zero-order chi connectivity index (χ0) is 6.04. The average Bonchev–Trinajstić information content (AvgIpc) is 1.64. The lowest BCUT2D eigenvalue weighted by molar-refractivity contribution is 0.283. The van der Waals surface area contributed by atoms with Gasteiger partial charge in [0.2, 0.25) is 0 Å². The Bertz CT molecular complexity index is 83.1. The summed E-state index contributed by atoms with van der Waals surface area (Å²) in [6.45, 7) is 0. The molecule has 0 radical (unpaired) electrons. The summed E-state index contributed by atoms with van der Waals surface area (Å²) >= 11 is 1.86. The lowest BCUT2D eigenvalue weighted by Crippen LogP contribution is -2.48. The molecular weight excluding hydrogens is 154 g/mol. The molecule has 0 heterocycles. The molecule has 1 nitrogen and oxygen atoms in total. The first-order valence-electron chi connectivity index (χ1n) is 3.05. The molecule has 0 spiro atoms. The minimum absolute atomic E-state index is 0. The van der Waals surface area contributed by atoms with Gasteiger partial charge in [-0.3, -0.25) is 0 Å². The Kier molecular flexibility index (Phi) is 3.94. The molecule has 1 rings (SSSR count). The second kappa shape index (κ2) is 3.69. The first-order chi connectivity index (χ1) is 3.77. The van der Waals surface area contributed by atoms with Gasteiger partial charge in [0.15, 0.2) is 0 Å². The Morgan fingerprint density at radius 2 is 2.11 bits per heavy atom. The Labute approximate surface area is 67.2 Å². The maximum Gasteiger partial charge on any atom is 0.0245 e. The number of nitrogens with two attached hydrogens (primary N) is 1. The molecule has 3 heteroatoms. The van der Waals surface area contributed by atoms with Crippen LogP contribution in [0, 0.1) is 0 Å². The van der Waals surface area contributed by atoms with Crippen LogP contribution in [0.25, 0.3) is 0 Å². The van der Waals surface area contributed by atoms with E-state index in [1.165, 1.54) is 19.3 Å². The summed E-state index contributed by atoms with van der Waals surface area (Å²) in [5, 5.41) is 0. The van der Waals surface area contributed by atoms with Gasteiger partial charge in [-0.15, -0.1) is 12.4 Å². The highest BCUT2D eigenvalue weighted by molar-refractivity contribution is 7.98. The van der Waals surface area contributed by atoms with E-state index in [0.29, 0.717) is 0 Å². The summed E-state index contributed by atoms with van der Waals surface area (Å²) in [4.78, 5) is 0. The Balaban J connectivity index is 0.000000640. The quantitative estimate of drug-likeness (QED) is 0.677. The second-order valence-electron chi connectivity index (χ2n) is 2.65. The van der Waals surface area contributed by atoms with Crippen LogP contribution in [0.15, 0.2) is 0 Å². The summed E-state index contributed by atoms with van der Waals surface area (Å²) < 4.78 is 0. The number of halogens is 1. The van der Waals surface area contributed by atoms with E-state index in [-0.39, 0.29) is 17.9 Å². The number of hydrogen-bond acceptors (Lipinski definition) is 2. The van der Waals surface area contributed by atoms with Crippen molar-refractivity contribution in [1.82, 2.24) is 0 Å². The van der Waals surface area contributed by atoms with E-state index in [1.807, 2.05) is 11.8 Å². The minimum Gasteiger partial charge on any atom is -0.324 e. The molecule has 56 valence electrons. The molecule has 0 unspecified atom stereocenters. The lowest BCUT2D eigenvalue weighted by atomic mass is 9.79. The number of thioether (sulfide) groups is 1. The largest absolute Gasteiger partial charge is 0.324 e. The fourth-order valence-electron chi connectivity index (χ4n) is 1.06. The predicted octanol–water partition coefficient (Wildman–Crippen LogP) is 1.65. The van der Waals surface area contributed by atoms with Crippen molar-refractivity contribution in [3.63, 3.8) is 0 Å². The molecule has 0 aliphatic heterocycles. The van der Waals surface area contributed by atoms with E-state index >= 15 is 0 Å². The monoisotopic (exact) mass is 167 g/mol. The molecule has 0 bridgehead atoms. The highest BCUT2D eigenvalue weighted by atomic mass is 35.5. The van der Waals surface area contributed by atoms with Crippen LogP contribution >= 0.6 is 24.2 Å². The molecule has 1 saturated carbocycles. The zero-order valence-corrected chi connectivity index (χ0v) is 7.36. The maximum absolute atomic E-state index is 5.89. The summed E-state index contributed by atoms with van der Waals surface area (Å²) in [5.74, 6) is 1.15. The number of hydrogen-bond donors (Lipinski definition) is 1. The van der Waals surface area contributed by atoms with Gasteiger partial charge in [0.25, 0.3) is 0 Å². The Morgan fingerprint density at radius 3 is 2.22 bits per heavy atom. The zero-order valence-electron chi connectivity index (χ0n) is 5.72. The first-order valence-corrected chi connectivity index (χ1v) is 4.44. The van der Waals surface area contributed by atoms with Gasteiger partial charge in [0.1, 0.15) is 0 Å². The highest BCUT2D eigenvalue weighted by Gasteiger charge is 2.31. The third-order valence-electron chi connectivity index (χ3n) is 1.78. The van der Waals surface area contributed by atoms with E-state index in [2.05, 4.69) is 6.26 Å². The fraction of sp³-hybridized carbons (Fsp3) is 1.00. The van der Waals surface area contributed by atoms with Gasteiger partial charge in [-0.05, 0) is 25.5 Å². The maximum atomic E-state index is 5.89. The molecule has 0 aromatic carbocycles. The van der Waals surface area contributed by atoms with E-state index in [0.717, 1.165) is 5.75 Å². The Morgan fingerprint density at radius 1 is 1.56 bits per heavy atom. The molecule has 9 heavy (non-hydrogen) atoms. The smallest absolute Gasteiger partial charge is 0.0245 e. The van der Waals surface area contributed by atoms with Gasteiger partial charge in [0.05, 0.1) is 0 Å². The molecule has 0 atom stereocenters. The highest BCUT2D eigenvalue weighted by Crippen LogP contribution is 2.31. The topological polar surface area (TPSA) is 26.0 Å². The lowest BCUT2D eigenvalue weighted by Gasteiger charge is -2.37. The van der Waals surface area contributed by atoms with Gasteiger partial charge < -0.3 is 5.73 Å². The molecule has 0 aromatic heterocycles. The van der Waals surface area contributed by atoms with Crippen molar-refractivity contribution in [3.05, 3.63) is 0 Å². The van der Waals surface area contributed by atoms with E-state index in [4.69, 9.17) is 5.73 Å². The van der Waals surface area contributed by atoms with Crippen molar-refractivity contribution < 1.29 is 0 Å². The minimum atomic E-state index is 0. The molecule has 0 saturated heterocycles.